The van der Waals surface area contributed by atoms with Gasteiger partial charge in [-0.15, -0.1) is 0 Å². The third kappa shape index (κ3) is 4.93. The lowest BCUT2D eigenvalue weighted by Crippen LogP contribution is -2.35. The maximum atomic E-state index is 13.0. The fraction of sp³-hybridized carbons (Fsp3) is 0.381. The summed E-state index contributed by atoms with van der Waals surface area (Å²) in [5, 5.41) is 0.537. The van der Waals surface area contributed by atoms with E-state index >= 15 is 0 Å². The van der Waals surface area contributed by atoms with Crippen molar-refractivity contribution in [2.24, 2.45) is 0 Å². The summed E-state index contributed by atoms with van der Waals surface area (Å²) in [6, 6.07) is 13.3. The van der Waals surface area contributed by atoms with Crippen LogP contribution < -0.4 is 9.47 Å². The Morgan fingerprint density at radius 1 is 1.00 bits per heavy atom. The highest BCUT2D eigenvalue weighted by Crippen LogP contribution is 2.24. The average molecular weight is 389 g/mol. The molecule has 0 unspecified atom stereocenters. The summed E-state index contributed by atoms with van der Waals surface area (Å²) in [5.74, 6) is 1.39. The molecule has 27 heavy (non-hydrogen) atoms. The minimum absolute atomic E-state index is 0.0272. The first-order valence-corrected chi connectivity index (χ1v) is 9.46. The van der Waals surface area contributed by atoms with Gasteiger partial charge in [-0.05, 0) is 42.3 Å². The van der Waals surface area contributed by atoms with Crippen LogP contribution in [-0.4, -0.2) is 56.1 Å². The number of benzene rings is 2. The van der Waals surface area contributed by atoms with E-state index in [2.05, 4.69) is 17.0 Å². The number of carbonyl (C=O) groups excluding carboxylic acids is 1. The summed E-state index contributed by atoms with van der Waals surface area (Å²) >= 11 is 6.08. The molecular weight excluding hydrogens is 364 g/mol. The highest BCUT2D eigenvalue weighted by atomic mass is 35.5. The van der Waals surface area contributed by atoms with Gasteiger partial charge in [0.05, 0.1) is 19.8 Å². The molecule has 0 aliphatic carbocycles. The molecule has 5 nitrogen and oxygen atoms in total. The molecule has 1 heterocycles. The van der Waals surface area contributed by atoms with Gasteiger partial charge in [0.25, 0.3) is 5.91 Å². The monoisotopic (exact) mass is 388 g/mol. The molecular formula is C21H25ClN2O3. The first kappa shape index (κ1) is 19.5. The number of amides is 1. The van der Waals surface area contributed by atoms with Gasteiger partial charge in [-0.3, -0.25) is 9.69 Å². The Bertz CT molecular complexity index is 779. The van der Waals surface area contributed by atoms with Crippen molar-refractivity contribution in [2.45, 2.75) is 13.0 Å². The fourth-order valence-corrected chi connectivity index (χ4v) is 3.51. The van der Waals surface area contributed by atoms with Gasteiger partial charge >= 0.3 is 0 Å². The van der Waals surface area contributed by atoms with E-state index in [1.807, 2.05) is 17.0 Å². The summed E-state index contributed by atoms with van der Waals surface area (Å²) < 4.78 is 10.5. The van der Waals surface area contributed by atoms with Gasteiger partial charge in [-0.2, -0.15) is 0 Å². The first-order valence-electron chi connectivity index (χ1n) is 9.09. The number of halogens is 1. The Hall–Kier alpha value is -2.24. The van der Waals surface area contributed by atoms with Crippen LogP contribution >= 0.6 is 11.6 Å². The van der Waals surface area contributed by atoms with Gasteiger partial charge in [-0.1, -0.05) is 23.7 Å². The number of hydrogen-bond donors (Lipinski definition) is 0. The number of rotatable bonds is 5. The van der Waals surface area contributed by atoms with Crippen LogP contribution in [0.4, 0.5) is 0 Å². The molecule has 0 aromatic heterocycles. The van der Waals surface area contributed by atoms with Crippen LogP contribution in [0.5, 0.6) is 11.5 Å². The Balaban J connectivity index is 1.64. The molecule has 1 aliphatic rings. The summed E-state index contributed by atoms with van der Waals surface area (Å²) in [6.07, 6.45) is 0.935. The van der Waals surface area contributed by atoms with E-state index in [0.29, 0.717) is 22.9 Å². The minimum atomic E-state index is -0.0272. The van der Waals surface area contributed by atoms with E-state index in [9.17, 15) is 4.79 Å². The molecule has 0 N–H and O–H groups in total. The summed E-state index contributed by atoms with van der Waals surface area (Å²) in [6.45, 7) is 4.08. The van der Waals surface area contributed by atoms with Gasteiger partial charge in [0, 0.05) is 37.7 Å². The van der Waals surface area contributed by atoms with E-state index in [1.54, 1.807) is 32.4 Å². The second kappa shape index (κ2) is 9.11. The Labute approximate surface area is 165 Å². The highest BCUT2D eigenvalue weighted by molar-refractivity contribution is 6.31. The molecule has 1 saturated heterocycles. The molecule has 3 rings (SSSR count). The van der Waals surface area contributed by atoms with E-state index in [-0.39, 0.29) is 5.91 Å². The van der Waals surface area contributed by atoms with Gasteiger partial charge in [-0.25, -0.2) is 0 Å². The molecule has 6 heteroatoms. The maximum Gasteiger partial charge on any atom is 0.257 e. The van der Waals surface area contributed by atoms with Crippen molar-refractivity contribution in [3.8, 4) is 11.5 Å². The second-order valence-electron chi connectivity index (χ2n) is 6.61. The van der Waals surface area contributed by atoms with Gasteiger partial charge in [0.1, 0.15) is 11.5 Å². The zero-order valence-electron chi connectivity index (χ0n) is 15.8. The largest absolute Gasteiger partial charge is 0.497 e. The maximum absolute atomic E-state index is 13.0. The van der Waals surface area contributed by atoms with Crippen LogP contribution in [0.25, 0.3) is 0 Å². The van der Waals surface area contributed by atoms with Crippen LogP contribution in [0.15, 0.2) is 42.5 Å². The topological polar surface area (TPSA) is 42.0 Å². The highest BCUT2D eigenvalue weighted by Gasteiger charge is 2.23. The van der Waals surface area contributed by atoms with Crippen molar-refractivity contribution < 1.29 is 14.3 Å². The molecule has 0 saturated carbocycles. The van der Waals surface area contributed by atoms with Gasteiger partial charge in [0.2, 0.25) is 0 Å². The lowest BCUT2D eigenvalue weighted by Gasteiger charge is -2.23. The standard InChI is InChI=1S/C21H25ClN2O3/c1-26-18-7-4-16(5-8-18)15-23-10-3-11-24(13-12-23)21(25)19-14-17(22)6-9-20(19)27-2/h4-9,14H,3,10-13,15H2,1-2H3. The predicted molar refractivity (Wildman–Crippen MR) is 107 cm³/mol. The molecule has 1 amide bonds. The Morgan fingerprint density at radius 3 is 2.48 bits per heavy atom. The van der Waals surface area contributed by atoms with E-state index in [4.69, 9.17) is 21.1 Å². The molecule has 1 fully saturated rings. The third-order valence-electron chi connectivity index (χ3n) is 4.83. The zero-order chi connectivity index (χ0) is 19.2. The lowest BCUT2D eigenvalue weighted by molar-refractivity contribution is 0.0757. The van der Waals surface area contributed by atoms with Crippen LogP contribution in [0.1, 0.15) is 22.3 Å². The molecule has 0 bridgehead atoms. The lowest BCUT2D eigenvalue weighted by atomic mass is 10.1. The van der Waals surface area contributed by atoms with Crippen molar-refractivity contribution in [2.75, 3.05) is 40.4 Å². The van der Waals surface area contributed by atoms with Crippen molar-refractivity contribution in [3.05, 3.63) is 58.6 Å². The normalized spacial score (nSPS) is 15.3. The molecule has 1 aliphatic heterocycles. The predicted octanol–water partition coefficient (Wildman–Crippen LogP) is 3.71. The van der Waals surface area contributed by atoms with Crippen molar-refractivity contribution >= 4 is 17.5 Å². The molecule has 0 atom stereocenters. The number of carbonyl (C=O) groups is 1. The summed E-state index contributed by atoms with van der Waals surface area (Å²) in [5.41, 5.74) is 1.76. The van der Waals surface area contributed by atoms with Crippen molar-refractivity contribution in [1.29, 1.82) is 0 Å². The zero-order valence-corrected chi connectivity index (χ0v) is 16.5. The van der Waals surface area contributed by atoms with Gasteiger partial charge < -0.3 is 14.4 Å². The quantitative estimate of drug-likeness (QED) is 0.783. The fourth-order valence-electron chi connectivity index (χ4n) is 3.34. The number of nitrogens with zero attached hydrogens (tertiary/aromatic N) is 2. The molecule has 2 aromatic carbocycles. The summed E-state index contributed by atoms with van der Waals surface area (Å²) in [4.78, 5) is 17.2. The Kier molecular flexibility index (Phi) is 6.58. The van der Waals surface area contributed by atoms with Crippen molar-refractivity contribution in [1.82, 2.24) is 9.80 Å². The van der Waals surface area contributed by atoms with Crippen LogP contribution in [0, 0.1) is 0 Å². The van der Waals surface area contributed by atoms with E-state index < -0.39 is 0 Å². The van der Waals surface area contributed by atoms with E-state index in [1.165, 1.54) is 5.56 Å². The minimum Gasteiger partial charge on any atom is -0.497 e. The van der Waals surface area contributed by atoms with Crippen LogP contribution in [0.2, 0.25) is 5.02 Å². The molecule has 2 aromatic rings. The van der Waals surface area contributed by atoms with Crippen molar-refractivity contribution in [3.63, 3.8) is 0 Å². The van der Waals surface area contributed by atoms with Crippen LogP contribution in [-0.2, 0) is 6.54 Å². The summed E-state index contributed by atoms with van der Waals surface area (Å²) in [7, 11) is 3.24. The number of ether oxygens (including phenoxy) is 2. The van der Waals surface area contributed by atoms with Crippen LogP contribution in [0.3, 0.4) is 0 Å². The Morgan fingerprint density at radius 2 is 1.78 bits per heavy atom. The second-order valence-corrected chi connectivity index (χ2v) is 7.05. The molecule has 0 spiro atoms. The average Bonchev–Trinajstić information content (AvgIpc) is 2.93. The SMILES string of the molecule is COc1ccc(CN2CCCN(C(=O)c3cc(Cl)ccc3OC)CC2)cc1. The van der Waals surface area contributed by atoms with E-state index in [0.717, 1.165) is 38.3 Å². The number of methoxy groups -OCH3 is 2. The number of hydrogen-bond acceptors (Lipinski definition) is 4. The van der Waals surface area contributed by atoms with Gasteiger partial charge in [0.15, 0.2) is 0 Å². The third-order valence-corrected chi connectivity index (χ3v) is 5.07. The molecule has 144 valence electrons. The smallest absolute Gasteiger partial charge is 0.257 e. The first-order chi connectivity index (χ1) is 13.1. The molecule has 0 radical (unpaired) electrons.